The van der Waals surface area contributed by atoms with Gasteiger partial charge in [0.05, 0.1) is 0 Å². The standard InChI is InChI=1S/C8H6BBrO2S2/c10-7-6(13)3-5(9(11)12)4-1-2-14-8(4)7/h1-3,11-13H. The lowest BCUT2D eigenvalue weighted by Gasteiger charge is -2.05. The highest BCUT2D eigenvalue weighted by atomic mass is 79.9. The first-order chi connectivity index (χ1) is 6.61. The lowest BCUT2D eigenvalue weighted by atomic mass is 9.78. The van der Waals surface area contributed by atoms with Gasteiger partial charge >= 0.3 is 7.12 Å². The van der Waals surface area contributed by atoms with Crippen LogP contribution in [0.1, 0.15) is 0 Å². The smallest absolute Gasteiger partial charge is 0.423 e. The SMILES string of the molecule is OB(O)c1cc(S)c(Br)c2sccc12. The van der Waals surface area contributed by atoms with Gasteiger partial charge in [0.25, 0.3) is 0 Å². The van der Waals surface area contributed by atoms with Crippen molar-refractivity contribution >= 4 is 62.6 Å². The number of fused-ring (bicyclic) bond motifs is 1. The Kier molecular flexibility index (Phi) is 2.90. The van der Waals surface area contributed by atoms with Crippen LogP contribution in [-0.2, 0) is 0 Å². The van der Waals surface area contributed by atoms with E-state index in [9.17, 15) is 0 Å². The van der Waals surface area contributed by atoms with Crippen molar-refractivity contribution in [3.63, 3.8) is 0 Å². The first-order valence-electron chi connectivity index (χ1n) is 3.86. The van der Waals surface area contributed by atoms with Crippen LogP contribution in [0.2, 0.25) is 0 Å². The number of benzene rings is 1. The van der Waals surface area contributed by atoms with E-state index in [1.807, 2.05) is 11.4 Å². The number of hydrogen-bond acceptors (Lipinski definition) is 4. The zero-order valence-electron chi connectivity index (χ0n) is 6.94. The first-order valence-corrected chi connectivity index (χ1v) is 5.98. The molecular weight excluding hydrogens is 283 g/mol. The van der Waals surface area contributed by atoms with Crippen molar-refractivity contribution in [1.29, 1.82) is 0 Å². The summed E-state index contributed by atoms with van der Waals surface area (Å²) in [5.41, 5.74) is 0.495. The van der Waals surface area contributed by atoms with E-state index in [1.54, 1.807) is 17.4 Å². The van der Waals surface area contributed by atoms with Gasteiger partial charge in [-0.25, -0.2) is 0 Å². The molecule has 0 aliphatic heterocycles. The van der Waals surface area contributed by atoms with E-state index in [0.717, 1.165) is 14.6 Å². The van der Waals surface area contributed by atoms with E-state index in [2.05, 4.69) is 28.6 Å². The molecule has 2 nitrogen and oxygen atoms in total. The molecule has 0 aliphatic carbocycles. The van der Waals surface area contributed by atoms with Crippen LogP contribution in [0.4, 0.5) is 0 Å². The quantitative estimate of drug-likeness (QED) is 0.551. The molecule has 14 heavy (non-hydrogen) atoms. The minimum atomic E-state index is -1.45. The molecule has 0 saturated carbocycles. The van der Waals surface area contributed by atoms with Crippen molar-refractivity contribution in [2.24, 2.45) is 0 Å². The molecule has 2 aromatic rings. The second-order valence-corrected chi connectivity index (χ2v) is 5.03. The van der Waals surface area contributed by atoms with Gasteiger partial charge in [0.15, 0.2) is 0 Å². The van der Waals surface area contributed by atoms with E-state index >= 15 is 0 Å². The number of thiophene rings is 1. The number of rotatable bonds is 1. The van der Waals surface area contributed by atoms with Crippen LogP contribution >= 0.6 is 39.9 Å². The normalized spacial score (nSPS) is 10.9. The van der Waals surface area contributed by atoms with Crippen LogP contribution in [-0.4, -0.2) is 17.2 Å². The van der Waals surface area contributed by atoms with Crippen molar-refractivity contribution in [3.8, 4) is 0 Å². The monoisotopic (exact) mass is 288 g/mol. The maximum absolute atomic E-state index is 9.17. The molecule has 1 aromatic heterocycles. The van der Waals surface area contributed by atoms with Gasteiger partial charge in [0, 0.05) is 14.1 Å². The third-order valence-electron chi connectivity index (χ3n) is 1.97. The topological polar surface area (TPSA) is 40.5 Å². The van der Waals surface area contributed by atoms with Crippen LogP contribution in [0.15, 0.2) is 26.9 Å². The highest BCUT2D eigenvalue weighted by molar-refractivity contribution is 9.10. The highest BCUT2D eigenvalue weighted by Crippen LogP contribution is 2.32. The summed E-state index contributed by atoms with van der Waals surface area (Å²) in [6.07, 6.45) is 0. The maximum atomic E-state index is 9.17. The molecular formula is C8H6BBrO2S2. The molecule has 0 radical (unpaired) electrons. The fourth-order valence-electron chi connectivity index (χ4n) is 1.32. The van der Waals surface area contributed by atoms with E-state index in [0.29, 0.717) is 10.4 Å². The van der Waals surface area contributed by atoms with Gasteiger partial charge < -0.3 is 10.0 Å². The molecule has 6 heteroatoms. The summed E-state index contributed by atoms with van der Waals surface area (Å²) in [6, 6.07) is 3.53. The Hall–Kier alpha value is -0.00506. The van der Waals surface area contributed by atoms with Crippen LogP contribution in [0.3, 0.4) is 0 Å². The number of halogens is 1. The highest BCUT2D eigenvalue weighted by Gasteiger charge is 2.18. The molecule has 72 valence electrons. The number of thiol groups is 1. The maximum Gasteiger partial charge on any atom is 0.489 e. The fourth-order valence-corrected chi connectivity index (χ4v) is 3.13. The third kappa shape index (κ3) is 1.61. The zero-order chi connectivity index (χ0) is 10.3. The minimum Gasteiger partial charge on any atom is -0.423 e. The van der Waals surface area contributed by atoms with Crippen LogP contribution in [0.25, 0.3) is 10.1 Å². The second kappa shape index (κ2) is 3.86. The molecule has 0 saturated heterocycles. The Morgan fingerprint density at radius 2 is 2.14 bits per heavy atom. The van der Waals surface area contributed by atoms with Crippen LogP contribution in [0.5, 0.6) is 0 Å². The predicted octanol–water partition coefficient (Wildman–Crippen LogP) is 1.63. The van der Waals surface area contributed by atoms with Gasteiger partial charge in [0.2, 0.25) is 0 Å². The summed E-state index contributed by atoms with van der Waals surface area (Å²) in [4.78, 5) is 0.711. The van der Waals surface area contributed by atoms with Gasteiger partial charge in [-0.05, 0) is 44.3 Å². The minimum absolute atomic E-state index is 0.495. The molecule has 2 N–H and O–H groups in total. The second-order valence-electron chi connectivity index (χ2n) is 2.84. The molecule has 2 rings (SSSR count). The lowest BCUT2D eigenvalue weighted by Crippen LogP contribution is -2.30. The Balaban J connectivity index is 2.84. The molecule has 0 spiro atoms. The zero-order valence-corrected chi connectivity index (χ0v) is 10.2. The summed E-state index contributed by atoms with van der Waals surface area (Å²) in [5, 5.41) is 21.1. The Morgan fingerprint density at radius 3 is 2.79 bits per heavy atom. The summed E-state index contributed by atoms with van der Waals surface area (Å²) in [5.74, 6) is 0. The molecule has 0 bridgehead atoms. The van der Waals surface area contributed by atoms with Gasteiger partial charge in [0.1, 0.15) is 0 Å². The van der Waals surface area contributed by atoms with Gasteiger partial charge in [-0.2, -0.15) is 0 Å². The van der Waals surface area contributed by atoms with Crippen LogP contribution in [0, 0.1) is 0 Å². The molecule has 1 heterocycles. The van der Waals surface area contributed by atoms with Gasteiger partial charge in [-0.15, -0.1) is 24.0 Å². The predicted molar refractivity (Wildman–Crippen MR) is 66.6 cm³/mol. The average molecular weight is 289 g/mol. The molecule has 0 unspecified atom stereocenters. The van der Waals surface area contributed by atoms with Crippen molar-refractivity contribution in [3.05, 3.63) is 22.0 Å². The largest absolute Gasteiger partial charge is 0.489 e. The Labute approximate surface area is 99.3 Å². The van der Waals surface area contributed by atoms with E-state index in [1.165, 1.54) is 0 Å². The van der Waals surface area contributed by atoms with Crippen LogP contribution < -0.4 is 5.46 Å². The van der Waals surface area contributed by atoms with Crippen molar-refractivity contribution in [1.82, 2.24) is 0 Å². The number of hydrogen-bond donors (Lipinski definition) is 3. The summed E-state index contributed by atoms with van der Waals surface area (Å²) >= 11 is 9.21. The molecule has 0 amide bonds. The molecule has 1 aromatic carbocycles. The average Bonchev–Trinajstić information content (AvgIpc) is 2.59. The fraction of sp³-hybridized carbons (Fsp3) is 0. The summed E-state index contributed by atoms with van der Waals surface area (Å²) in [6.45, 7) is 0. The Morgan fingerprint density at radius 1 is 1.43 bits per heavy atom. The molecule has 0 aliphatic rings. The summed E-state index contributed by atoms with van der Waals surface area (Å²) in [7, 11) is -1.45. The van der Waals surface area contributed by atoms with Crippen molar-refractivity contribution in [2.45, 2.75) is 4.90 Å². The van der Waals surface area contributed by atoms with Gasteiger partial charge in [-0.1, -0.05) is 0 Å². The van der Waals surface area contributed by atoms with E-state index in [-0.39, 0.29) is 0 Å². The molecule has 0 fully saturated rings. The Bertz CT molecular complexity index is 483. The first kappa shape index (κ1) is 10.5. The van der Waals surface area contributed by atoms with Crippen molar-refractivity contribution < 1.29 is 10.0 Å². The molecule has 0 atom stereocenters. The van der Waals surface area contributed by atoms with E-state index in [4.69, 9.17) is 10.0 Å². The van der Waals surface area contributed by atoms with E-state index < -0.39 is 7.12 Å². The third-order valence-corrected chi connectivity index (χ3v) is 4.65. The summed E-state index contributed by atoms with van der Waals surface area (Å²) < 4.78 is 1.89. The van der Waals surface area contributed by atoms with Gasteiger partial charge in [-0.3, -0.25) is 0 Å². The lowest BCUT2D eigenvalue weighted by molar-refractivity contribution is 0.426. The van der Waals surface area contributed by atoms with Crippen molar-refractivity contribution in [2.75, 3.05) is 0 Å².